The quantitative estimate of drug-likeness (QED) is 0.246. The second kappa shape index (κ2) is 10.3. The van der Waals surface area contributed by atoms with E-state index in [2.05, 4.69) is 10.3 Å². The summed E-state index contributed by atoms with van der Waals surface area (Å²) in [6, 6.07) is 6.34. The zero-order valence-electron chi connectivity index (χ0n) is 19.5. The zero-order chi connectivity index (χ0) is 27.7. The molecule has 13 heteroatoms. The number of hydrogen-bond acceptors (Lipinski definition) is 4. The molecule has 0 aliphatic heterocycles. The van der Waals surface area contributed by atoms with Crippen molar-refractivity contribution in [3.05, 3.63) is 58.6 Å². The van der Waals surface area contributed by atoms with Gasteiger partial charge in [0.1, 0.15) is 5.84 Å². The normalized spacial score (nSPS) is 15.2. The van der Waals surface area contributed by atoms with Gasteiger partial charge in [-0.05, 0) is 54.8 Å². The summed E-state index contributed by atoms with van der Waals surface area (Å²) in [6.07, 6.45) is -10.3. The molecule has 0 bridgehead atoms. The molecule has 2 atom stereocenters. The van der Waals surface area contributed by atoms with Crippen LogP contribution < -0.4 is 5.32 Å². The van der Waals surface area contributed by atoms with E-state index in [9.17, 15) is 40.0 Å². The van der Waals surface area contributed by atoms with Crippen LogP contribution in [0, 0.1) is 16.7 Å². The number of anilines is 1. The first kappa shape index (κ1) is 29.5. The van der Waals surface area contributed by atoms with Gasteiger partial charge in [-0.3, -0.25) is 4.99 Å². The summed E-state index contributed by atoms with van der Waals surface area (Å²) in [5.41, 5.74) is -4.56. The Morgan fingerprint density at radius 1 is 0.972 bits per heavy atom. The fourth-order valence-electron chi connectivity index (χ4n) is 2.78. The van der Waals surface area contributed by atoms with Crippen LogP contribution in [0.1, 0.15) is 38.8 Å². The highest BCUT2D eigenvalue weighted by atomic mass is 35.5. The van der Waals surface area contributed by atoms with E-state index in [1.54, 1.807) is 33.8 Å². The minimum atomic E-state index is -5.13. The van der Waals surface area contributed by atoms with Gasteiger partial charge in [-0.15, -0.1) is 0 Å². The molecule has 0 saturated heterocycles. The highest BCUT2D eigenvalue weighted by molar-refractivity contribution is 7.93. The van der Waals surface area contributed by atoms with E-state index >= 15 is 0 Å². The summed E-state index contributed by atoms with van der Waals surface area (Å²) < 4.78 is 106. The lowest BCUT2D eigenvalue weighted by Gasteiger charge is -2.26. The van der Waals surface area contributed by atoms with E-state index in [1.165, 1.54) is 12.1 Å². The predicted octanol–water partition coefficient (Wildman–Crippen LogP) is 6.99. The van der Waals surface area contributed by atoms with Crippen LogP contribution in [-0.2, 0) is 22.2 Å². The third-order valence-electron chi connectivity index (χ3n) is 5.26. The van der Waals surface area contributed by atoms with Crippen LogP contribution in [0.15, 0.2) is 52.4 Å². The van der Waals surface area contributed by atoms with Crippen LogP contribution in [0.5, 0.6) is 0 Å². The van der Waals surface area contributed by atoms with Crippen molar-refractivity contribution in [2.75, 3.05) is 5.32 Å². The van der Waals surface area contributed by atoms with E-state index in [0.29, 0.717) is 12.1 Å². The first-order valence-electron chi connectivity index (χ1n) is 10.3. The number of halogens is 7. The summed E-state index contributed by atoms with van der Waals surface area (Å²) in [4.78, 5) is 3.89. The van der Waals surface area contributed by atoms with Crippen molar-refractivity contribution in [3.8, 4) is 6.07 Å². The van der Waals surface area contributed by atoms with Crippen LogP contribution in [0.4, 0.5) is 32.0 Å². The summed E-state index contributed by atoms with van der Waals surface area (Å²) in [7, 11) is -4.51. The molecule has 2 aromatic rings. The molecule has 0 aromatic heterocycles. The number of amidine groups is 1. The van der Waals surface area contributed by atoms with Crippen LogP contribution in [0.3, 0.4) is 0 Å². The molecule has 0 spiro atoms. The summed E-state index contributed by atoms with van der Waals surface area (Å²) in [6.45, 7) is 6.78. The highest BCUT2D eigenvalue weighted by Gasteiger charge is 2.38. The Balaban J connectivity index is 2.73. The van der Waals surface area contributed by atoms with E-state index in [1.807, 2.05) is 0 Å². The molecular formula is C23H22ClF6N3O2S. The van der Waals surface area contributed by atoms with Crippen LogP contribution in [0.2, 0.25) is 5.02 Å². The average Bonchev–Trinajstić information content (AvgIpc) is 2.72. The molecule has 196 valence electrons. The maximum absolute atomic E-state index is 13.3. The van der Waals surface area contributed by atoms with Crippen molar-refractivity contribution in [1.29, 1.82) is 5.26 Å². The molecule has 0 amide bonds. The molecule has 0 radical (unpaired) electrons. The molecule has 0 aliphatic carbocycles. The van der Waals surface area contributed by atoms with Gasteiger partial charge in [0.25, 0.3) is 0 Å². The lowest BCUT2D eigenvalue weighted by atomic mass is 9.88. The molecule has 0 heterocycles. The van der Waals surface area contributed by atoms with E-state index in [0.717, 1.165) is 12.1 Å². The van der Waals surface area contributed by atoms with Gasteiger partial charge in [-0.25, -0.2) is 8.42 Å². The number of sulfone groups is 1. The van der Waals surface area contributed by atoms with Gasteiger partial charge in [0, 0.05) is 10.7 Å². The Bertz CT molecular complexity index is 1240. The van der Waals surface area contributed by atoms with Crippen molar-refractivity contribution in [2.24, 2.45) is 10.4 Å². The number of nitrogens with zero attached hydrogens (tertiary/aromatic N) is 2. The molecule has 0 saturated carbocycles. The minimum Gasteiger partial charge on any atom is -0.342 e. The molecule has 2 aromatic carbocycles. The standard InChI is InChI=1S/C23H22ClF6N3O2S/c1-13(21(2,3)4)32-20(19(12-31)36(34,35)18-7-5-16(24)6-8-18)33-17-10-14(22(25,26)27)9-15(11-17)23(28,29)30/h5-11,13,19H,1-4H3,(H,32,33). The summed E-state index contributed by atoms with van der Waals surface area (Å²) >= 11 is 5.79. The van der Waals surface area contributed by atoms with Gasteiger partial charge >= 0.3 is 12.4 Å². The third kappa shape index (κ3) is 7.13. The molecule has 2 unspecified atom stereocenters. The first-order chi connectivity index (χ1) is 16.3. The number of rotatable bonds is 5. The molecule has 0 fully saturated rings. The lowest BCUT2D eigenvalue weighted by molar-refractivity contribution is -0.143. The van der Waals surface area contributed by atoms with Crippen LogP contribution in [0.25, 0.3) is 0 Å². The summed E-state index contributed by atoms with van der Waals surface area (Å²) in [5.74, 6) is -0.623. The van der Waals surface area contributed by atoms with Crippen molar-refractivity contribution in [1.82, 2.24) is 0 Å². The Morgan fingerprint density at radius 3 is 1.83 bits per heavy atom. The summed E-state index contributed by atoms with van der Waals surface area (Å²) in [5, 5.41) is 10.2. The second-order valence-corrected chi connectivity index (χ2v) is 11.5. The number of hydrogen-bond donors (Lipinski definition) is 1. The van der Waals surface area contributed by atoms with Crippen LogP contribution >= 0.6 is 11.6 Å². The predicted molar refractivity (Wildman–Crippen MR) is 124 cm³/mol. The molecule has 5 nitrogen and oxygen atoms in total. The SMILES string of the molecule is CC(N=C(Nc1cc(C(F)(F)F)cc(C(F)(F)F)c1)C(C#N)S(=O)(=O)c1ccc(Cl)cc1)C(C)(C)C. The van der Waals surface area contributed by atoms with Crippen molar-refractivity contribution in [3.63, 3.8) is 0 Å². The fraction of sp³-hybridized carbons (Fsp3) is 0.391. The smallest absolute Gasteiger partial charge is 0.342 e. The largest absolute Gasteiger partial charge is 0.416 e. The Kier molecular flexibility index (Phi) is 8.43. The maximum Gasteiger partial charge on any atom is 0.416 e. The van der Waals surface area contributed by atoms with E-state index in [4.69, 9.17) is 11.6 Å². The first-order valence-corrected chi connectivity index (χ1v) is 12.2. The Morgan fingerprint density at radius 2 is 1.44 bits per heavy atom. The van der Waals surface area contributed by atoms with Gasteiger partial charge in [0.05, 0.1) is 28.1 Å². The van der Waals surface area contributed by atoms with Gasteiger partial charge in [0.2, 0.25) is 15.1 Å². The molecule has 36 heavy (non-hydrogen) atoms. The Hall–Kier alpha value is -2.78. The van der Waals surface area contributed by atoms with Crippen molar-refractivity contribution < 1.29 is 34.8 Å². The number of nitriles is 1. The number of alkyl halides is 6. The molecule has 1 N–H and O–H groups in total. The highest BCUT2D eigenvalue weighted by Crippen LogP contribution is 2.38. The minimum absolute atomic E-state index is 0.0635. The maximum atomic E-state index is 13.3. The molecular weight excluding hydrogens is 532 g/mol. The van der Waals surface area contributed by atoms with Gasteiger partial charge in [-0.2, -0.15) is 31.6 Å². The number of nitrogens with one attached hydrogen (secondary N) is 1. The molecule has 2 rings (SSSR count). The number of benzene rings is 2. The van der Waals surface area contributed by atoms with Crippen molar-refractivity contribution >= 4 is 33.0 Å². The fourth-order valence-corrected chi connectivity index (χ4v) is 4.25. The van der Waals surface area contributed by atoms with Crippen molar-refractivity contribution in [2.45, 2.75) is 56.2 Å². The second-order valence-electron chi connectivity index (χ2n) is 8.98. The average molecular weight is 554 g/mol. The zero-order valence-corrected chi connectivity index (χ0v) is 21.0. The molecule has 0 aliphatic rings. The third-order valence-corrected chi connectivity index (χ3v) is 7.39. The van der Waals surface area contributed by atoms with Gasteiger partial charge in [0.15, 0.2) is 0 Å². The Labute approximate surface area is 209 Å². The van der Waals surface area contributed by atoms with Crippen LogP contribution in [-0.4, -0.2) is 25.5 Å². The topological polar surface area (TPSA) is 82.3 Å². The number of aliphatic imine (C=N–C) groups is 1. The monoisotopic (exact) mass is 553 g/mol. The lowest BCUT2D eigenvalue weighted by Crippen LogP contribution is -2.37. The van der Waals surface area contributed by atoms with Gasteiger partial charge in [-0.1, -0.05) is 32.4 Å². The van der Waals surface area contributed by atoms with E-state index in [-0.39, 0.29) is 16.0 Å². The van der Waals surface area contributed by atoms with E-state index < -0.39 is 61.5 Å². The van der Waals surface area contributed by atoms with Gasteiger partial charge < -0.3 is 5.32 Å².